The van der Waals surface area contributed by atoms with E-state index in [4.69, 9.17) is 21.1 Å². The SMILES string of the molecule is Cc1ncsc1-c1ccc([C@H](C)NC(=O)[C@@H]2C[C@@H](O)CN2C(=O)C(NC(=O)COCCN2CCN(c3ccc4c(c3)CN(C3C(C)(C)C(Oc5ccc(C#N)c(Cl)c5)C3(C)C)C4=O)CC2)C(C)(C)C)cc1. The first kappa shape index (κ1) is 51.8. The first-order valence-electron chi connectivity index (χ1n) is 24.5. The maximum atomic E-state index is 14.2. The summed E-state index contributed by atoms with van der Waals surface area (Å²) < 4.78 is 12.3. The number of carbonyl (C=O) groups excluding carboxylic acids is 4. The maximum Gasteiger partial charge on any atom is 0.254 e. The predicted molar refractivity (Wildman–Crippen MR) is 274 cm³/mol. The Hall–Kier alpha value is -5.57. The smallest absolute Gasteiger partial charge is 0.254 e. The number of fused-ring (bicyclic) bond motifs is 1. The van der Waals surface area contributed by atoms with E-state index >= 15 is 0 Å². The topological polar surface area (TPSA) is 181 Å². The number of ether oxygens (including phenoxy) is 2. The zero-order valence-electron chi connectivity index (χ0n) is 42.3. The largest absolute Gasteiger partial charge is 0.489 e. The number of aliphatic hydroxyl groups excluding tert-OH is 1. The van der Waals surface area contributed by atoms with Crippen LogP contribution in [-0.2, 0) is 25.7 Å². The molecule has 15 nitrogen and oxygen atoms in total. The van der Waals surface area contributed by atoms with Crippen LogP contribution >= 0.6 is 22.9 Å². The van der Waals surface area contributed by atoms with E-state index in [-0.39, 0.29) is 60.4 Å². The number of amides is 4. The molecule has 4 heterocycles. The summed E-state index contributed by atoms with van der Waals surface area (Å²) in [6, 6.07) is 19.0. The van der Waals surface area contributed by atoms with Crippen LogP contribution in [0.3, 0.4) is 0 Å². The van der Waals surface area contributed by atoms with Crippen molar-refractivity contribution in [2.75, 3.05) is 57.4 Å². The summed E-state index contributed by atoms with van der Waals surface area (Å²) in [4.78, 5) is 68.6. The average molecular weight is 1010 g/mol. The number of piperazine rings is 1. The molecule has 8 rings (SSSR count). The van der Waals surface area contributed by atoms with Crippen LogP contribution in [0, 0.1) is 34.5 Å². The number of thiazole rings is 1. The lowest BCUT2D eigenvalue weighted by molar-refractivity contribution is -0.199. The van der Waals surface area contributed by atoms with Gasteiger partial charge in [0.1, 0.15) is 36.6 Å². The fourth-order valence-electron chi connectivity index (χ4n) is 11.6. The van der Waals surface area contributed by atoms with Gasteiger partial charge < -0.3 is 39.9 Å². The third-order valence-corrected chi connectivity index (χ3v) is 16.2. The van der Waals surface area contributed by atoms with Crippen molar-refractivity contribution < 1.29 is 33.8 Å². The molecule has 3 aromatic carbocycles. The number of likely N-dealkylation sites (tertiary alicyclic amines) is 1. The van der Waals surface area contributed by atoms with E-state index in [2.05, 4.69) is 65.2 Å². The minimum Gasteiger partial charge on any atom is -0.489 e. The summed E-state index contributed by atoms with van der Waals surface area (Å²) in [6.45, 7) is 22.4. The van der Waals surface area contributed by atoms with Gasteiger partial charge in [0.05, 0.1) is 45.4 Å². The van der Waals surface area contributed by atoms with Crippen LogP contribution in [-0.4, -0.2) is 131 Å². The van der Waals surface area contributed by atoms with Crippen molar-refractivity contribution in [2.24, 2.45) is 16.2 Å². The van der Waals surface area contributed by atoms with E-state index in [0.29, 0.717) is 36.0 Å². The third kappa shape index (κ3) is 10.7. The molecule has 17 heteroatoms. The molecule has 378 valence electrons. The highest BCUT2D eigenvalue weighted by Gasteiger charge is 2.67. The highest BCUT2D eigenvalue weighted by atomic mass is 35.5. The molecule has 4 amide bonds. The zero-order valence-corrected chi connectivity index (χ0v) is 43.8. The summed E-state index contributed by atoms with van der Waals surface area (Å²) >= 11 is 7.89. The van der Waals surface area contributed by atoms with Gasteiger partial charge >= 0.3 is 0 Å². The van der Waals surface area contributed by atoms with Gasteiger partial charge in [0.15, 0.2) is 0 Å². The van der Waals surface area contributed by atoms with Crippen LogP contribution in [0.15, 0.2) is 66.2 Å². The number of carbonyl (C=O) groups is 4. The summed E-state index contributed by atoms with van der Waals surface area (Å²) in [5.41, 5.74) is 6.54. The number of aliphatic hydroxyl groups is 1. The summed E-state index contributed by atoms with van der Waals surface area (Å²) in [5, 5.41) is 26.3. The fourth-order valence-corrected chi connectivity index (χ4v) is 12.6. The van der Waals surface area contributed by atoms with Gasteiger partial charge in [-0.15, -0.1) is 11.3 Å². The number of nitriles is 1. The highest BCUT2D eigenvalue weighted by Crippen LogP contribution is 2.59. The Kier molecular flexibility index (Phi) is 15.0. The zero-order chi connectivity index (χ0) is 51.2. The number of β-amino-alcohol motifs (C(OH)–C–C–N with tert-alkyl or cyclic N) is 1. The van der Waals surface area contributed by atoms with E-state index in [0.717, 1.165) is 64.7 Å². The van der Waals surface area contributed by atoms with Crippen molar-refractivity contribution in [1.29, 1.82) is 5.26 Å². The van der Waals surface area contributed by atoms with Gasteiger partial charge in [-0.25, -0.2) is 4.98 Å². The molecule has 4 atom stereocenters. The lowest BCUT2D eigenvalue weighted by Crippen LogP contribution is -2.74. The molecule has 3 fully saturated rings. The first-order valence-corrected chi connectivity index (χ1v) is 25.8. The molecule has 0 spiro atoms. The number of benzene rings is 3. The van der Waals surface area contributed by atoms with Crippen molar-refractivity contribution in [1.82, 2.24) is 30.3 Å². The van der Waals surface area contributed by atoms with E-state index in [1.54, 1.807) is 29.5 Å². The molecule has 0 radical (unpaired) electrons. The standard InChI is InChI=1S/C54H67ClN8O7S/c1-32(34-10-12-35(13-11-34)45-33(2)57-31-71-45)58-47(66)43-25-39(64)29-62(43)49(68)46(52(3,4)5)59-44(65)30-69-23-22-60-18-20-61(21-19-60)38-15-17-41-37(24-38)28-63(48(41)67)50-53(6,7)51(54(50,8)9)70-40-16-14-36(27-56)42(55)26-40/h10-17,24,26,31-32,39,43,46,50-51,64H,18-23,25,28-30H2,1-9H3,(H,58,66)(H,59,65)/t32-,39+,43-,46?,50?,51?/m0/s1. The van der Waals surface area contributed by atoms with Crippen LogP contribution in [0.2, 0.25) is 5.02 Å². The van der Waals surface area contributed by atoms with E-state index < -0.39 is 35.4 Å². The van der Waals surface area contributed by atoms with Crippen LogP contribution < -0.4 is 20.3 Å². The second kappa shape index (κ2) is 20.5. The minimum absolute atomic E-state index is 0.0142. The quantitative estimate of drug-likeness (QED) is 0.105. The van der Waals surface area contributed by atoms with E-state index in [9.17, 15) is 29.5 Å². The molecule has 4 aliphatic rings. The molecular formula is C54H67ClN8O7S. The molecule has 71 heavy (non-hydrogen) atoms. The molecule has 0 bridgehead atoms. The molecule has 1 saturated carbocycles. The van der Waals surface area contributed by atoms with Crippen LogP contribution in [0.4, 0.5) is 5.69 Å². The molecule has 1 aliphatic carbocycles. The Morgan fingerprint density at radius 3 is 2.34 bits per heavy atom. The normalized spacial score (nSPS) is 22.6. The second-order valence-electron chi connectivity index (χ2n) is 21.8. The number of hydrogen-bond acceptors (Lipinski definition) is 12. The summed E-state index contributed by atoms with van der Waals surface area (Å²) in [7, 11) is 0. The third-order valence-electron chi connectivity index (χ3n) is 14.9. The van der Waals surface area contributed by atoms with E-state index in [1.807, 2.05) is 81.4 Å². The number of rotatable bonds is 15. The lowest BCUT2D eigenvalue weighted by Gasteiger charge is -2.65. The Morgan fingerprint density at radius 1 is 1.00 bits per heavy atom. The fraction of sp³-hybridized carbons (Fsp3) is 0.519. The molecular weight excluding hydrogens is 940 g/mol. The van der Waals surface area contributed by atoms with Crippen molar-refractivity contribution in [3.05, 3.63) is 99.1 Å². The van der Waals surface area contributed by atoms with E-state index in [1.165, 1.54) is 4.90 Å². The van der Waals surface area contributed by atoms with Crippen LogP contribution in [0.1, 0.15) is 101 Å². The van der Waals surface area contributed by atoms with Gasteiger partial charge in [0.2, 0.25) is 17.7 Å². The Bertz CT molecular complexity index is 2670. The maximum absolute atomic E-state index is 14.2. The van der Waals surface area contributed by atoms with Crippen molar-refractivity contribution in [3.63, 3.8) is 0 Å². The van der Waals surface area contributed by atoms with Crippen molar-refractivity contribution >= 4 is 52.3 Å². The van der Waals surface area contributed by atoms with Gasteiger partial charge in [-0.2, -0.15) is 5.26 Å². The summed E-state index contributed by atoms with van der Waals surface area (Å²) in [6.07, 6.45) is -0.973. The van der Waals surface area contributed by atoms with Gasteiger partial charge in [0, 0.05) is 86.4 Å². The van der Waals surface area contributed by atoms with Gasteiger partial charge in [-0.3, -0.25) is 24.1 Å². The minimum atomic E-state index is -0.960. The number of anilines is 1. The molecule has 1 aromatic heterocycles. The predicted octanol–water partition coefficient (Wildman–Crippen LogP) is 6.99. The van der Waals surface area contributed by atoms with Gasteiger partial charge in [0.25, 0.3) is 5.91 Å². The molecule has 2 saturated heterocycles. The molecule has 3 N–H and O–H groups in total. The van der Waals surface area contributed by atoms with Crippen LogP contribution in [0.25, 0.3) is 10.4 Å². The Labute approximate surface area is 426 Å². The number of halogens is 1. The van der Waals surface area contributed by atoms with Crippen molar-refractivity contribution in [2.45, 2.75) is 112 Å². The average Bonchev–Trinajstić information content (AvgIpc) is 4.03. The highest BCUT2D eigenvalue weighted by molar-refractivity contribution is 7.13. The first-order chi connectivity index (χ1) is 33.6. The second-order valence-corrected chi connectivity index (χ2v) is 23.1. The number of nitrogens with one attached hydrogen (secondary N) is 2. The Morgan fingerprint density at radius 2 is 1.70 bits per heavy atom. The number of aryl methyl sites for hydroxylation is 1. The number of hydrogen-bond donors (Lipinski definition) is 3. The van der Waals surface area contributed by atoms with Crippen LogP contribution in [0.5, 0.6) is 5.75 Å². The van der Waals surface area contributed by atoms with Crippen molar-refractivity contribution in [3.8, 4) is 22.3 Å². The number of aromatic nitrogens is 1. The Balaban J connectivity index is 0.785. The molecule has 4 aromatic rings. The van der Waals surface area contributed by atoms with Gasteiger partial charge in [-0.1, -0.05) is 84.3 Å². The monoisotopic (exact) mass is 1010 g/mol. The molecule has 1 unspecified atom stereocenters. The summed E-state index contributed by atoms with van der Waals surface area (Å²) in [5.74, 6) is -0.599. The number of nitrogens with zero attached hydrogens (tertiary/aromatic N) is 6. The van der Waals surface area contributed by atoms with Gasteiger partial charge in [-0.05, 0) is 66.3 Å². The molecule has 3 aliphatic heterocycles. The lowest BCUT2D eigenvalue weighted by atomic mass is 9.49.